The molecule has 0 unspecified atom stereocenters. The van der Waals surface area contributed by atoms with Crippen molar-refractivity contribution < 1.29 is 14.3 Å². The highest BCUT2D eigenvalue weighted by atomic mass is 35.5. The molecule has 4 aromatic rings. The lowest BCUT2D eigenvalue weighted by Crippen LogP contribution is -2.15. The van der Waals surface area contributed by atoms with Crippen LogP contribution in [0, 0.1) is 6.92 Å². The fourth-order valence-corrected chi connectivity index (χ4v) is 4.59. The molecule has 0 fully saturated rings. The summed E-state index contributed by atoms with van der Waals surface area (Å²) in [4.78, 5) is 31.4. The van der Waals surface area contributed by atoms with Gasteiger partial charge in [-0.2, -0.15) is 0 Å². The number of rotatable bonds is 5. The first kappa shape index (κ1) is 22.0. The number of anilines is 1. The molecule has 32 heavy (non-hydrogen) atoms. The zero-order valence-electron chi connectivity index (χ0n) is 17.9. The Kier molecular flexibility index (Phi) is 6.26. The van der Waals surface area contributed by atoms with Gasteiger partial charge in [0.25, 0.3) is 5.91 Å². The lowest BCUT2D eigenvalue weighted by molar-refractivity contribution is 0.0602. The molecular formula is C25H21ClN2O3S. The number of esters is 1. The van der Waals surface area contributed by atoms with E-state index in [1.807, 2.05) is 44.2 Å². The van der Waals surface area contributed by atoms with Crippen LogP contribution in [-0.2, 0) is 11.2 Å². The fraction of sp³-hybridized carbons (Fsp3) is 0.160. The van der Waals surface area contributed by atoms with Crippen molar-refractivity contribution in [3.8, 4) is 11.3 Å². The van der Waals surface area contributed by atoms with Gasteiger partial charge < -0.3 is 10.1 Å². The highest BCUT2D eigenvalue weighted by Crippen LogP contribution is 2.32. The van der Waals surface area contributed by atoms with E-state index in [0.717, 1.165) is 33.3 Å². The molecule has 0 radical (unpaired) electrons. The predicted octanol–water partition coefficient (Wildman–Crippen LogP) is 6.53. The van der Waals surface area contributed by atoms with Gasteiger partial charge in [0.1, 0.15) is 5.00 Å². The molecule has 0 aliphatic carbocycles. The maximum Gasteiger partial charge on any atom is 0.340 e. The Labute approximate surface area is 195 Å². The average Bonchev–Trinajstić information content (AvgIpc) is 3.21. The summed E-state index contributed by atoms with van der Waals surface area (Å²) >= 11 is 7.41. The number of para-hydroxylation sites is 1. The third-order valence-electron chi connectivity index (χ3n) is 5.19. The van der Waals surface area contributed by atoms with Gasteiger partial charge in [-0.1, -0.05) is 48.9 Å². The number of fused-ring (bicyclic) bond motifs is 1. The molecular weight excluding hydrogens is 444 g/mol. The lowest BCUT2D eigenvalue weighted by atomic mass is 10.0. The van der Waals surface area contributed by atoms with Crippen LogP contribution in [0.2, 0.25) is 5.02 Å². The van der Waals surface area contributed by atoms with Crippen LogP contribution in [0.5, 0.6) is 0 Å². The van der Waals surface area contributed by atoms with E-state index in [9.17, 15) is 9.59 Å². The summed E-state index contributed by atoms with van der Waals surface area (Å²) < 4.78 is 4.89. The van der Waals surface area contributed by atoms with Gasteiger partial charge in [0, 0.05) is 20.8 Å². The van der Waals surface area contributed by atoms with Crippen molar-refractivity contribution in [3.05, 3.63) is 81.2 Å². The Morgan fingerprint density at radius 2 is 1.84 bits per heavy atom. The quantitative estimate of drug-likeness (QED) is 0.341. The Hall–Kier alpha value is -3.22. The van der Waals surface area contributed by atoms with E-state index >= 15 is 0 Å². The highest BCUT2D eigenvalue weighted by Gasteiger charge is 2.21. The second kappa shape index (κ2) is 9.10. The number of nitrogens with zero attached hydrogens (tertiary/aromatic N) is 1. The number of methoxy groups -OCH3 is 1. The molecule has 0 aliphatic rings. The lowest BCUT2D eigenvalue weighted by Gasteiger charge is -2.12. The highest BCUT2D eigenvalue weighted by molar-refractivity contribution is 7.16. The molecule has 4 rings (SSSR count). The Bertz CT molecular complexity index is 1330. The van der Waals surface area contributed by atoms with Gasteiger partial charge in [-0.3, -0.25) is 4.79 Å². The van der Waals surface area contributed by atoms with Crippen LogP contribution in [0.1, 0.15) is 38.1 Å². The van der Waals surface area contributed by atoms with E-state index < -0.39 is 5.97 Å². The number of hydrogen-bond acceptors (Lipinski definition) is 5. The van der Waals surface area contributed by atoms with Crippen LogP contribution in [0.15, 0.2) is 54.6 Å². The minimum absolute atomic E-state index is 0.312. The number of benzene rings is 2. The zero-order chi connectivity index (χ0) is 22.8. The summed E-state index contributed by atoms with van der Waals surface area (Å²) in [5, 5.41) is 4.77. The molecule has 2 aromatic heterocycles. The molecule has 5 nitrogen and oxygen atoms in total. The minimum Gasteiger partial charge on any atom is -0.465 e. The van der Waals surface area contributed by atoms with Gasteiger partial charge in [0.05, 0.1) is 29.4 Å². The van der Waals surface area contributed by atoms with Crippen molar-refractivity contribution in [2.75, 3.05) is 12.4 Å². The number of carbonyl (C=O) groups excluding carboxylic acids is 2. The van der Waals surface area contributed by atoms with E-state index in [-0.39, 0.29) is 5.91 Å². The predicted molar refractivity (Wildman–Crippen MR) is 130 cm³/mol. The number of carbonyl (C=O) groups is 2. The molecule has 1 N–H and O–H groups in total. The van der Waals surface area contributed by atoms with Gasteiger partial charge >= 0.3 is 5.97 Å². The summed E-state index contributed by atoms with van der Waals surface area (Å²) in [5.74, 6) is -0.790. The van der Waals surface area contributed by atoms with Crippen molar-refractivity contribution in [1.82, 2.24) is 4.98 Å². The molecule has 0 aliphatic heterocycles. The molecule has 0 saturated heterocycles. The van der Waals surface area contributed by atoms with Crippen molar-refractivity contribution in [2.24, 2.45) is 0 Å². The third kappa shape index (κ3) is 4.24. The minimum atomic E-state index is -0.478. The second-order valence-electron chi connectivity index (χ2n) is 7.29. The van der Waals surface area contributed by atoms with Gasteiger partial charge in [-0.25, -0.2) is 9.78 Å². The second-order valence-corrected chi connectivity index (χ2v) is 8.86. The average molecular weight is 465 g/mol. The van der Waals surface area contributed by atoms with Crippen molar-refractivity contribution >= 4 is 50.7 Å². The summed E-state index contributed by atoms with van der Waals surface area (Å²) in [6.45, 7) is 3.96. The molecule has 2 aromatic carbocycles. The molecule has 2 heterocycles. The number of thiophene rings is 1. The van der Waals surface area contributed by atoms with Gasteiger partial charge in [-0.15, -0.1) is 11.3 Å². The zero-order valence-corrected chi connectivity index (χ0v) is 19.4. The van der Waals surface area contributed by atoms with Crippen LogP contribution in [0.3, 0.4) is 0 Å². The molecule has 0 saturated carbocycles. The van der Waals surface area contributed by atoms with Crippen LogP contribution < -0.4 is 5.32 Å². The molecule has 7 heteroatoms. The van der Waals surface area contributed by atoms with E-state index in [1.165, 1.54) is 18.4 Å². The largest absolute Gasteiger partial charge is 0.465 e. The Morgan fingerprint density at radius 1 is 1.09 bits per heavy atom. The van der Waals surface area contributed by atoms with Crippen molar-refractivity contribution in [3.63, 3.8) is 0 Å². The monoisotopic (exact) mass is 464 g/mol. The summed E-state index contributed by atoms with van der Waals surface area (Å²) in [5.41, 5.74) is 4.07. The standard InChI is InChI=1S/C25H21ClN2O3S/c1-4-17-12-20(25(30)31-3)24(32-17)28-23(29)19-13-21(15-8-10-16(26)11-9-15)27-22-14(2)6-5-7-18(19)22/h5-13H,4H2,1-3H3,(H,28,29). The first-order valence-electron chi connectivity index (χ1n) is 10.1. The topological polar surface area (TPSA) is 68.3 Å². The van der Waals surface area contributed by atoms with Gasteiger partial charge in [0.2, 0.25) is 0 Å². The van der Waals surface area contributed by atoms with E-state index in [1.54, 1.807) is 24.3 Å². The molecule has 0 atom stereocenters. The van der Waals surface area contributed by atoms with Gasteiger partial charge in [0.15, 0.2) is 0 Å². The molecule has 0 bridgehead atoms. The van der Waals surface area contributed by atoms with E-state index in [0.29, 0.717) is 26.8 Å². The van der Waals surface area contributed by atoms with Crippen LogP contribution in [-0.4, -0.2) is 24.0 Å². The molecule has 1 amide bonds. The maximum atomic E-state index is 13.4. The molecule has 162 valence electrons. The van der Waals surface area contributed by atoms with Crippen LogP contribution in [0.25, 0.3) is 22.2 Å². The fourth-order valence-electron chi connectivity index (χ4n) is 3.49. The van der Waals surface area contributed by atoms with E-state index in [4.69, 9.17) is 21.3 Å². The van der Waals surface area contributed by atoms with Crippen molar-refractivity contribution in [1.29, 1.82) is 0 Å². The van der Waals surface area contributed by atoms with Crippen molar-refractivity contribution in [2.45, 2.75) is 20.3 Å². The Balaban J connectivity index is 1.82. The number of nitrogens with one attached hydrogen (secondary N) is 1. The van der Waals surface area contributed by atoms with Gasteiger partial charge in [-0.05, 0) is 43.2 Å². The normalized spacial score (nSPS) is 10.9. The van der Waals surface area contributed by atoms with Crippen LogP contribution >= 0.6 is 22.9 Å². The number of aromatic nitrogens is 1. The summed E-state index contributed by atoms with van der Waals surface area (Å²) in [6.07, 6.45) is 0.753. The summed E-state index contributed by atoms with van der Waals surface area (Å²) in [6, 6.07) is 16.6. The number of amides is 1. The number of pyridine rings is 1. The maximum absolute atomic E-state index is 13.4. The SMILES string of the molecule is CCc1cc(C(=O)OC)c(NC(=O)c2cc(-c3ccc(Cl)cc3)nc3c(C)cccc23)s1. The van der Waals surface area contributed by atoms with E-state index in [2.05, 4.69) is 5.32 Å². The number of hydrogen-bond donors (Lipinski definition) is 1. The first-order valence-corrected chi connectivity index (χ1v) is 11.3. The number of aryl methyl sites for hydroxylation is 2. The summed E-state index contributed by atoms with van der Waals surface area (Å²) in [7, 11) is 1.33. The smallest absolute Gasteiger partial charge is 0.340 e. The molecule has 0 spiro atoms. The number of ether oxygens (including phenoxy) is 1. The Morgan fingerprint density at radius 3 is 2.53 bits per heavy atom. The number of halogens is 1. The third-order valence-corrected chi connectivity index (χ3v) is 6.64. The first-order chi connectivity index (χ1) is 15.4. The van der Waals surface area contributed by atoms with Crippen LogP contribution in [0.4, 0.5) is 5.00 Å².